The molecule has 166 valence electrons. The Bertz CT molecular complexity index is 1290. The zero-order valence-electron chi connectivity index (χ0n) is 17.9. The number of fused-ring (bicyclic) bond motifs is 1. The van der Waals surface area contributed by atoms with E-state index in [-0.39, 0.29) is 17.6 Å². The van der Waals surface area contributed by atoms with Crippen LogP contribution in [-0.4, -0.2) is 62.8 Å². The molecule has 0 aliphatic carbocycles. The molecule has 1 saturated heterocycles. The van der Waals surface area contributed by atoms with Crippen LogP contribution in [0, 0.1) is 5.82 Å². The number of aromatic nitrogens is 3. The molecule has 0 spiro atoms. The van der Waals surface area contributed by atoms with Crippen LogP contribution in [0.25, 0.3) is 11.0 Å². The minimum absolute atomic E-state index is 0.0540. The molecule has 4 aromatic rings. The number of benzene rings is 3. The Labute approximate surface area is 190 Å². The van der Waals surface area contributed by atoms with Gasteiger partial charge in [0.25, 0.3) is 11.8 Å². The van der Waals surface area contributed by atoms with Crippen molar-refractivity contribution < 1.29 is 14.0 Å². The molecule has 0 saturated carbocycles. The van der Waals surface area contributed by atoms with E-state index in [0.29, 0.717) is 43.9 Å². The normalized spacial score (nSPS) is 14.0. The van der Waals surface area contributed by atoms with Gasteiger partial charge in [0, 0.05) is 37.3 Å². The van der Waals surface area contributed by atoms with E-state index in [1.54, 1.807) is 9.80 Å². The maximum Gasteiger partial charge on any atom is 0.253 e. The molecule has 1 aromatic heterocycles. The summed E-state index contributed by atoms with van der Waals surface area (Å²) in [5, 5.41) is 8.38. The van der Waals surface area contributed by atoms with E-state index in [9.17, 15) is 14.0 Å². The standard InChI is InChI=1S/C25H22FN5O2/c26-21-11-9-20(10-12-21)25(33)30-15-13-29(14-16-30)24(32)19-7-5-18(6-8-19)17-31-23-4-2-1-3-22(23)27-28-31/h1-12H,13-17H2. The Kier molecular flexibility index (Phi) is 5.56. The van der Waals surface area contributed by atoms with Crippen molar-refractivity contribution >= 4 is 22.8 Å². The highest BCUT2D eigenvalue weighted by atomic mass is 19.1. The molecule has 1 fully saturated rings. The molecule has 7 nitrogen and oxygen atoms in total. The first kappa shape index (κ1) is 20.8. The molecule has 33 heavy (non-hydrogen) atoms. The maximum absolute atomic E-state index is 13.1. The van der Waals surface area contributed by atoms with Crippen molar-refractivity contribution in [3.05, 3.63) is 95.3 Å². The van der Waals surface area contributed by atoms with Gasteiger partial charge in [-0.25, -0.2) is 9.07 Å². The number of amides is 2. The van der Waals surface area contributed by atoms with E-state index in [1.165, 1.54) is 24.3 Å². The van der Waals surface area contributed by atoms with Crippen LogP contribution in [-0.2, 0) is 6.54 Å². The zero-order valence-corrected chi connectivity index (χ0v) is 17.9. The molecule has 0 N–H and O–H groups in total. The quantitative estimate of drug-likeness (QED) is 0.486. The van der Waals surface area contributed by atoms with Crippen LogP contribution in [0.15, 0.2) is 72.8 Å². The lowest BCUT2D eigenvalue weighted by molar-refractivity contribution is 0.0535. The second kappa shape index (κ2) is 8.82. The number of hydrogen-bond acceptors (Lipinski definition) is 4. The van der Waals surface area contributed by atoms with Crippen molar-refractivity contribution in [2.24, 2.45) is 0 Å². The second-order valence-corrected chi connectivity index (χ2v) is 8.02. The van der Waals surface area contributed by atoms with Gasteiger partial charge in [-0.1, -0.05) is 29.5 Å². The summed E-state index contributed by atoms with van der Waals surface area (Å²) in [6, 6.07) is 20.8. The van der Waals surface area contributed by atoms with Gasteiger partial charge in [0.05, 0.1) is 12.1 Å². The van der Waals surface area contributed by atoms with Gasteiger partial charge in [0.2, 0.25) is 0 Å². The molecule has 8 heteroatoms. The SMILES string of the molecule is O=C(c1ccc(F)cc1)N1CCN(C(=O)c2ccc(Cn3nnc4ccccc43)cc2)CC1. The molecule has 3 aromatic carbocycles. The number of piperazine rings is 1. The van der Waals surface area contributed by atoms with Crippen LogP contribution >= 0.6 is 0 Å². The van der Waals surface area contributed by atoms with Crippen LogP contribution < -0.4 is 0 Å². The molecule has 0 radical (unpaired) electrons. The van der Waals surface area contributed by atoms with Gasteiger partial charge in [-0.15, -0.1) is 5.10 Å². The summed E-state index contributed by atoms with van der Waals surface area (Å²) in [7, 11) is 0. The Morgan fingerprint density at radius 2 is 1.30 bits per heavy atom. The first-order valence-electron chi connectivity index (χ1n) is 10.8. The predicted octanol–water partition coefficient (Wildman–Crippen LogP) is 3.22. The number of nitrogens with zero attached hydrogens (tertiary/aromatic N) is 5. The summed E-state index contributed by atoms with van der Waals surface area (Å²) >= 11 is 0. The number of hydrogen-bond donors (Lipinski definition) is 0. The first-order chi connectivity index (χ1) is 16.1. The molecule has 0 unspecified atom stereocenters. The molecule has 5 rings (SSSR count). The highest BCUT2D eigenvalue weighted by Gasteiger charge is 2.25. The Balaban J connectivity index is 1.20. The minimum Gasteiger partial charge on any atom is -0.335 e. The molecule has 1 aliphatic heterocycles. The summed E-state index contributed by atoms with van der Waals surface area (Å²) < 4.78 is 14.9. The maximum atomic E-state index is 13.1. The van der Waals surface area contributed by atoms with E-state index in [1.807, 2.05) is 53.2 Å². The fourth-order valence-electron chi connectivity index (χ4n) is 4.03. The molecular formula is C25H22FN5O2. The van der Waals surface area contributed by atoms with Crippen molar-refractivity contribution in [1.82, 2.24) is 24.8 Å². The van der Waals surface area contributed by atoms with Crippen LogP contribution in [0.3, 0.4) is 0 Å². The number of carbonyl (C=O) groups excluding carboxylic acids is 2. The lowest BCUT2D eigenvalue weighted by Gasteiger charge is -2.35. The molecular weight excluding hydrogens is 421 g/mol. The third kappa shape index (κ3) is 4.32. The average molecular weight is 443 g/mol. The van der Waals surface area contributed by atoms with Crippen molar-refractivity contribution in [3.63, 3.8) is 0 Å². The minimum atomic E-state index is -0.373. The van der Waals surface area contributed by atoms with E-state index >= 15 is 0 Å². The van der Waals surface area contributed by atoms with Gasteiger partial charge in [-0.05, 0) is 54.1 Å². The lowest BCUT2D eigenvalue weighted by atomic mass is 10.1. The third-order valence-corrected chi connectivity index (χ3v) is 5.90. The smallest absolute Gasteiger partial charge is 0.253 e. The fraction of sp³-hybridized carbons (Fsp3) is 0.200. The summed E-state index contributed by atoms with van der Waals surface area (Å²) in [6.07, 6.45) is 0. The fourth-order valence-corrected chi connectivity index (χ4v) is 4.03. The summed E-state index contributed by atoms with van der Waals surface area (Å²) in [6.45, 7) is 2.37. The Hall–Kier alpha value is -4.07. The molecule has 2 heterocycles. The van der Waals surface area contributed by atoms with Gasteiger partial charge in [-0.2, -0.15) is 0 Å². The second-order valence-electron chi connectivity index (χ2n) is 8.02. The first-order valence-corrected chi connectivity index (χ1v) is 10.8. The van der Waals surface area contributed by atoms with Crippen LogP contribution in [0.5, 0.6) is 0 Å². The summed E-state index contributed by atoms with van der Waals surface area (Å²) in [4.78, 5) is 29.0. The van der Waals surface area contributed by atoms with Gasteiger partial charge in [-0.3, -0.25) is 9.59 Å². The van der Waals surface area contributed by atoms with E-state index in [4.69, 9.17) is 0 Å². The molecule has 2 amide bonds. The monoisotopic (exact) mass is 443 g/mol. The Morgan fingerprint density at radius 3 is 1.91 bits per heavy atom. The van der Waals surface area contributed by atoms with Gasteiger partial charge >= 0.3 is 0 Å². The van der Waals surface area contributed by atoms with Crippen molar-refractivity contribution in [2.45, 2.75) is 6.54 Å². The molecule has 0 atom stereocenters. The van der Waals surface area contributed by atoms with Crippen LogP contribution in [0.1, 0.15) is 26.3 Å². The van der Waals surface area contributed by atoms with Gasteiger partial charge in [0.1, 0.15) is 11.3 Å². The van der Waals surface area contributed by atoms with Gasteiger partial charge in [0.15, 0.2) is 0 Å². The van der Waals surface area contributed by atoms with Gasteiger partial charge < -0.3 is 9.80 Å². The van der Waals surface area contributed by atoms with E-state index in [2.05, 4.69) is 10.3 Å². The average Bonchev–Trinajstić information content (AvgIpc) is 3.27. The summed E-state index contributed by atoms with van der Waals surface area (Å²) in [5.74, 6) is -0.573. The summed E-state index contributed by atoms with van der Waals surface area (Å²) in [5.41, 5.74) is 3.90. The molecule has 1 aliphatic rings. The Morgan fingerprint density at radius 1 is 0.758 bits per heavy atom. The zero-order chi connectivity index (χ0) is 22.8. The predicted molar refractivity (Wildman–Crippen MR) is 121 cm³/mol. The van der Waals surface area contributed by atoms with Crippen LogP contribution in [0.4, 0.5) is 4.39 Å². The largest absolute Gasteiger partial charge is 0.335 e. The number of halogens is 1. The topological polar surface area (TPSA) is 71.3 Å². The molecule has 0 bridgehead atoms. The third-order valence-electron chi connectivity index (χ3n) is 5.90. The number of carbonyl (C=O) groups is 2. The van der Waals surface area contributed by atoms with Crippen molar-refractivity contribution in [3.8, 4) is 0 Å². The number of rotatable bonds is 4. The van der Waals surface area contributed by atoms with E-state index in [0.717, 1.165) is 16.6 Å². The number of para-hydroxylation sites is 1. The van der Waals surface area contributed by atoms with Crippen molar-refractivity contribution in [1.29, 1.82) is 0 Å². The van der Waals surface area contributed by atoms with Crippen molar-refractivity contribution in [2.75, 3.05) is 26.2 Å². The van der Waals surface area contributed by atoms with Crippen LogP contribution in [0.2, 0.25) is 0 Å². The van der Waals surface area contributed by atoms with E-state index < -0.39 is 0 Å². The highest BCUT2D eigenvalue weighted by molar-refractivity contribution is 5.96. The lowest BCUT2D eigenvalue weighted by Crippen LogP contribution is -2.50. The highest BCUT2D eigenvalue weighted by Crippen LogP contribution is 2.15.